The van der Waals surface area contributed by atoms with E-state index in [4.69, 9.17) is 11.6 Å². The second kappa shape index (κ2) is 9.29. The monoisotopic (exact) mass is 462 g/mol. The Morgan fingerprint density at radius 3 is 2.57 bits per heavy atom. The SMILES string of the molecule is CCc1ccc(-c2nc(CS(=O)(=O)C(C)C(=O)Nc3cc(Cl)ccc3C)cs2)cc1. The van der Waals surface area contributed by atoms with Crippen LogP contribution < -0.4 is 5.32 Å². The van der Waals surface area contributed by atoms with Gasteiger partial charge in [-0.15, -0.1) is 11.3 Å². The van der Waals surface area contributed by atoms with E-state index in [0.717, 1.165) is 22.6 Å². The molecule has 5 nitrogen and oxygen atoms in total. The fraction of sp³-hybridized carbons (Fsp3) is 0.273. The smallest absolute Gasteiger partial charge is 0.242 e. The average molecular weight is 463 g/mol. The average Bonchev–Trinajstić information content (AvgIpc) is 3.17. The van der Waals surface area contributed by atoms with Crippen molar-refractivity contribution in [3.05, 3.63) is 69.7 Å². The first-order chi connectivity index (χ1) is 14.2. The maximum absolute atomic E-state index is 12.8. The number of aryl methyl sites for hydroxylation is 2. The molecule has 3 rings (SSSR count). The summed E-state index contributed by atoms with van der Waals surface area (Å²) in [6.45, 7) is 5.29. The third kappa shape index (κ3) is 5.28. The number of nitrogens with one attached hydrogen (secondary N) is 1. The van der Waals surface area contributed by atoms with Crippen LogP contribution >= 0.6 is 22.9 Å². The maximum Gasteiger partial charge on any atom is 0.242 e. The van der Waals surface area contributed by atoms with Gasteiger partial charge in [-0.3, -0.25) is 4.79 Å². The molecule has 0 aliphatic heterocycles. The normalized spacial score (nSPS) is 12.5. The number of amides is 1. The van der Waals surface area contributed by atoms with Crippen LogP contribution in [0.3, 0.4) is 0 Å². The summed E-state index contributed by atoms with van der Waals surface area (Å²) in [5.41, 5.74) is 3.92. The number of anilines is 1. The van der Waals surface area contributed by atoms with E-state index in [9.17, 15) is 13.2 Å². The number of halogens is 1. The molecule has 1 N–H and O–H groups in total. The van der Waals surface area contributed by atoms with Crippen LogP contribution in [0.25, 0.3) is 10.6 Å². The van der Waals surface area contributed by atoms with Crippen LogP contribution in [-0.2, 0) is 26.8 Å². The highest BCUT2D eigenvalue weighted by molar-refractivity contribution is 7.92. The Bertz CT molecular complexity index is 1160. The van der Waals surface area contributed by atoms with Crippen molar-refractivity contribution in [2.45, 2.75) is 38.2 Å². The number of carbonyl (C=O) groups excluding carboxylic acids is 1. The molecule has 0 radical (unpaired) electrons. The molecule has 1 aromatic heterocycles. The van der Waals surface area contributed by atoms with Gasteiger partial charge in [0, 0.05) is 21.7 Å². The standard InChI is InChI=1S/C22H23ClN2O3S2/c1-4-16-6-8-17(9-7-16)22-24-19(12-29-22)13-30(27,28)15(3)21(26)25-20-11-18(23)10-5-14(20)2/h5-12,15H,4,13H2,1-3H3,(H,25,26). The lowest BCUT2D eigenvalue weighted by atomic mass is 10.1. The molecule has 1 atom stereocenters. The Hall–Kier alpha value is -2.22. The van der Waals surface area contributed by atoms with Gasteiger partial charge in [0.2, 0.25) is 5.91 Å². The first-order valence-corrected chi connectivity index (χ1v) is 12.5. The van der Waals surface area contributed by atoms with Crippen LogP contribution in [0.5, 0.6) is 0 Å². The number of thiazole rings is 1. The van der Waals surface area contributed by atoms with Crippen molar-refractivity contribution < 1.29 is 13.2 Å². The lowest BCUT2D eigenvalue weighted by molar-refractivity contribution is -0.115. The van der Waals surface area contributed by atoms with Crippen LogP contribution in [-0.4, -0.2) is 24.6 Å². The predicted octanol–water partition coefficient (Wildman–Crippen LogP) is 5.28. The Labute approximate surface area is 186 Å². The predicted molar refractivity (Wildman–Crippen MR) is 124 cm³/mol. The Kier molecular flexibility index (Phi) is 6.95. The molecule has 158 valence electrons. The third-order valence-corrected chi connectivity index (χ3v) is 8.04. The molecule has 3 aromatic rings. The second-order valence-electron chi connectivity index (χ2n) is 7.09. The number of hydrogen-bond acceptors (Lipinski definition) is 5. The summed E-state index contributed by atoms with van der Waals surface area (Å²) >= 11 is 7.36. The van der Waals surface area contributed by atoms with Gasteiger partial charge >= 0.3 is 0 Å². The van der Waals surface area contributed by atoms with Crippen LogP contribution in [0.1, 0.15) is 30.7 Å². The molecule has 1 amide bonds. The highest BCUT2D eigenvalue weighted by atomic mass is 35.5. The number of aromatic nitrogens is 1. The van der Waals surface area contributed by atoms with Crippen molar-refractivity contribution in [2.24, 2.45) is 0 Å². The minimum atomic E-state index is -3.74. The molecule has 8 heteroatoms. The fourth-order valence-electron chi connectivity index (χ4n) is 2.85. The molecule has 0 aliphatic carbocycles. The van der Waals surface area contributed by atoms with Gasteiger partial charge in [0.05, 0.1) is 11.4 Å². The first kappa shape index (κ1) is 22.5. The van der Waals surface area contributed by atoms with E-state index in [2.05, 4.69) is 17.2 Å². The molecular weight excluding hydrogens is 440 g/mol. The lowest BCUT2D eigenvalue weighted by Gasteiger charge is -2.14. The quantitative estimate of drug-likeness (QED) is 0.518. The van der Waals surface area contributed by atoms with E-state index in [1.165, 1.54) is 23.8 Å². The molecule has 1 heterocycles. The van der Waals surface area contributed by atoms with Gasteiger partial charge in [0.25, 0.3) is 0 Å². The minimum Gasteiger partial charge on any atom is -0.325 e. The Morgan fingerprint density at radius 1 is 1.20 bits per heavy atom. The largest absolute Gasteiger partial charge is 0.325 e. The van der Waals surface area contributed by atoms with E-state index in [1.54, 1.807) is 23.6 Å². The lowest BCUT2D eigenvalue weighted by Crippen LogP contribution is -2.33. The maximum atomic E-state index is 12.8. The molecule has 1 unspecified atom stereocenters. The minimum absolute atomic E-state index is 0.292. The number of carbonyl (C=O) groups is 1. The fourth-order valence-corrected chi connectivity index (χ4v) is 5.15. The molecule has 0 fully saturated rings. The zero-order valence-electron chi connectivity index (χ0n) is 17.0. The molecule has 0 aliphatic rings. The van der Waals surface area contributed by atoms with Crippen LogP contribution in [0.4, 0.5) is 5.69 Å². The Balaban J connectivity index is 1.71. The number of sulfone groups is 1. The van der Waals surface area contributed by atoms with Gasteiger partial charge in [-0.1, -0.05) is 48.9 Å². The van der Waals surface area contributed by atoms with Gasteiger partial charge in [0.1, 0.15) is 10.3 Å². The van der Waals surface area contributed by atoms with Gasteiger partial charge in [0.15, 0.2) is 9.84 Å². The number of nitrogens with zero attached hydrogens (tertiary/aromatic N) is 1. The van der Waals surface area contributed by atoms with Gasteiger partial charge in [-0.2, -0.15) is 0 Å². The summed E-state index contributed by atoms with van der Waals surface area (Å²) in [6, 6.07) is 13.1. The molecule has 2 aromatic carbocycles. The molecule has 0 saturated carbocycles. The summed E-state index contributed by atoms with van der Waals surface area (Å²) < 4.78 is 25.6. The van der Waals surface area contributed by atoms with Crippen molar-refractivity contribution >= 4 is 44.4 Å². The number of rotatable bonds is 7. The van der Waals surface area contributed by atoms with Crippen LogP contribution in [0.15, 0.2) is 47.8 Å². The van der Waals surface area contributed by atoms with E-state index in [1.807, 2.05) is 31.2 Å². The molecule has 0 saturated heterocycles. The summed E-state index contributed by atoms with van der Waals surface area (Å²) in [6.07, 6.45) is 0.955. The van der Waals surface area contributed by atoms with Gasteiger partial charge in [-0.05, 0) is 43.5 Å². The Morgan fingerprint density at radius 2 is 1.90 bits per heavy atom. The molecule has 30 heavy (non-hydrogen) atoms. The zero-order chi connectivity index (χ0) is 21.9. The van der Waals surface area contributed by atoms with E-state index in [0.29, 0.717) is 16.4 Å². The molecule has 0 spiro atoms. The summed E-state index contributed by atoms with van der Waals surface area (Å²) in [4.78, 5) is 17.0. The van der Waals surface area contributed by atoms with Gasteiger partial charge in [-0.25, -0.2) is 13.4 Å². The van der Waals surface area contributed by atoms with Crippen molar-refractivity contribution in [3.8, 4) is 10.6 Å². The van der Waals surface area contributed by atoms with Crippen molar-refractivity contribution in [1.29, 1.82) is 0 Å². The van der Waals surface area contributed by atoms with E-state index >= 15 is 0 Å². The third-order valence-electron chi connectivity index (χ3n) is 4.88. The second-order valence-corrected chi connectivity index (χ2v) is 10.7. The first-order valence-electron chi connectivity index (χ1n) is 9.52. The van der Waals surface area contributed by atoms with Crippen LogP contribution in [0, 0.1) is 6.92 Å². The zero-order valence-corrected chi connectivity index (χ0v) is 19.4. The van der Waals surface area contributed by atoms with E-state index < -0.39 is 21.0 Å². The van der Waals surface area contributed by atoms with Crippen molar-refractivity contribution in [2.75, 3.05) is 5.32 Å². The summed E-state index contributed by atoms with van der Waals surface area (Å²) in [5, 5.41) is 4.40. The number of benzene rings is 2. The topological polar surface area (TPSA) is 76.1 Å². The van der Waals surface area contributed by atoms with Crippen LogP contribution in [0.2, 0.25) is 5.02 Å². The highest BCUT2D eigenvalue weighted by Crippen LogP contribution is 2.26. The van der Waals surface area contributed by atoms with E-state index in [-0.39, 0.29) is 5.75 Å². The number of hydrogen-bond donors (Lipinski definition) is 1. The summed E-state index contributed by atoms with van der Waals surface area (Å²) in [7, 11) is -3.74. The molecular formula is C22H23ClN2O3S2. The summed E-state index contributed by atoms with van der Waals surface area (Å²) in [5.74, 6) is -0.884. The van der Waals surface area contributed by atoms with Crippen molar-refractivity contribution in [1.82, 2.24) is 4.98 Å². The highest BCUT2D eigenvalue weighted by Gasteiger charge is 2.29. The molecule has 0 bridgehead atoms. The van der Waals surface area contributed by atoms with Gasteiger partial charge < -0.3 is 5.32 Å². The van der Waals surface area contributed by atoms with Crippen molar-refractivity contribution in [3.63, 3.8) is 0 Å².